The zero-order valence-corrected chi connectivity index (χ0v) is 15.8. The van der Waals surface area contributed by atoms with E-state index in [-0.39, 0.29) is 10.8 Å². The lowest BCUT2D eigenvalue weighted by Gasteiger charge is -2.19. The number of sulfonamides is 1. The maximum Gasteiger partial charge on any atom is 0.250 e. The molecule has 0 aliphatic carbocycles. The van der Waals surface area contributed by atoms with Gasteiger partial charge in [-0.3, -0.25) is 10.1 Å². The molecule has 1 aromatic carbocycles. The molecule has 3 rings (SSSR count). The number of hydrogen-bond donors (Lipinski definition) is 1. The number of aromatic nitrogens is 2. The molecule has 1 aliphatic rings. The summed E-state index contributed by atoms with van der Waals surface area (Å²) in [5.41, 5.74) is 2.27. The Morgan fingerprint density at radius 1 is 1.12 bits per heavy atom. The van der Waals surface area contributed by atoms with Crippen LogP contribution in [-0.2, 0) is 14.8 Å². The van der Waals surface area contributed by atoms with Crippen molar-refractivity contribution < 1.29 is 13.2 Å². The van der Waals surface area contributed by atoms with Crippen molar-refractivity contribution in [1.29, 1.82) is 0 Å². The first-order chi connectivity index (χ1) is 12.6. The van der Waals surface area contributed by atoms with Crippen molar-refractivity contribution in [3.63, 3.8) is 0 Å². The van der Waals surface area contributed by atoms with Gasteiger partial charge in [0, 0.05) is 19.2 Å². The molecule has 2 heterocycles. The Morgan fingerprint density at radius 3 is 2.42 bits per heavy atom. The molecular weight excluding hydrogens is 372 g/mol. The number of amides is 1. The third-order valence-corrected chi connectivity index (χ3v) is 6.62. The number of nitrogens with one attached hydrogen (secondary N) is 1. The molecule has 1 N–H and O–H groups in total. The highest BCUT2D eigenvalue weighted by Gasteiger charge is 2.24. The van der Waals surface area contributed by atoms with E-state index in [0.29, 0.717) is 18.2 Å². The fraction of sp³-hybridized carbons (Fsp3) is 0.353. The molecule has 7 nitrogen and oxygen atoms in total. The maximum atomic E-state index is 12.7. The summed E-state index contributed by atoms with van der Waals surface area (Å²) in [5.74, 6) is -0.317. The third-order valence-electron chi connectivity index (χ3n) is 4.10. The summed E-state index contributed by atoms with van der Waals surface area (Å²) in [6, 6.07) is 6.56. The van der Waals surface area contributed by atoms with Gasteiger partial charge in [0.1, 0.15) is 5.51 Å². The molecule has 2 aromatic rings. The number of anilines is 1. The van der Waals surface area contributed by atoms with Gasteiger partial charge in [0.25, 0.3) is 0 Å². The van der Waals surface area contributed by atoms with Gasteiger partial charge in [0.05, 0.1) is 4.90 Å². The summed E-state index contributed by atoms with van der Waals surface area (Å²) < 4.78 is 27.0. The van der Waals surface area contributed by atoms with Crippen LogP contribution in [0.4, 0.5) is 5.13 Å². The maximum absolute atomic E-state index is 12.7. The Balaban J connectivity index is 1.65. The lowest BCUT2D eigenvalue weighted by atomic mass is 10.2. The van der Waals surface area contributed by atoms with Gasteiger partial charge in [-0.2, -0.15) is 4.31 Å². The zero-order valence-electron chi connectivity index (χ0n) is 14.2. The number of nitrogens with zero attached hydrogens (tertiary/aromatic N) is 3. The van der Waals surface area contributed by atoms with E-state index in [4.69, 9.17) is 0 Å². The number of carbonyl (C=O) groups is 1. The molecule has 9 heteroatoms. The van der Waals surface area contributed by atoms with Crippen LogP contribution in [0.3, 0.4) is 0 Å². The second kappa shape index (κ2) is 8.52. The summed E-state index contributed by atoms with van der Waals surface area (Å²) in [7, 11) is -3.45. The standard InChI is InChI=1S/C17H20N4O3S2/c22-16(19-17-20-18-13-25-17)10-7-14-5-8-15(9-6-14)26(23,24)21-11-3-1-2-4-12-21/h5-10,13H,1-4,11-12H2,(H,19,20,22)/b10-7+. The molecule has 1 aromatic heterocycles. The van der Waals surface area contributed by atoms with Crippen molar-refractivity contribution in [3.05, 3.63) is 41.4 Å². The molecule has 0 atom stereocenters. The zero-order chi connectivity index (χ0) is 18.4. The van der Waals surface area contributed by atoms with E-state index in [9.17, 15) is 13.2 Å². The average molecular weight is 393 g/mol. The normalized spacial score (nSPS) is 16.5. The molecule has 0 bridgehead atoms. The Bertz CT molecular complexity index is 854. The topological polar surface area (TPSA) is 92.3 Å². The van der Waals surface area contributed by atoms with Crippen LogP contribution in [-0.4, -0.2) is 41.9 Å². The van der Waals surface area contributed by atoms with E-state index >= 15 is 0 Å². The molecule has 0 unspecified atom stereocenters. The molecule has 1 aliphatic heterocycles. The Labute approximate surface area is 156 Å². The minimum Gasteiger partial charge on any atom is -0.297 e. The van der Waals surface area contributed by atoms with Crippen LogP contribution in [0.15, 0.2) is 40.7 Å². The number of carbonyl (C=O) groups excluding carboxylic acids is 1. The predicted molar refractivity (Wildman–Crippen MR) is 101 cm³/mol. The second-order valence-electron chi connectivity index (χ2n) is 5.95. The number of benzene rings is 1. The molecule has 0 spiro atoms. The Morgan fingerprint density at radius 2 is 1.81 bits per heavy atom. The smallest absolute Gasteiger partial charge is 0.250 e. The SMILES string of the molecule is O=C(/C=C/c1ccc(S(=O)(=O)N2CCCCCC2)cc1)Nc1nncs1. The van der Waals surface area contributed by atoms with Gasteiger partial charge in [-0.1, -0.05) is 36.3 Å². The van der Waals surface area contributed by atoms with Crippen molar-refractivity contribution in [2.45, 2.75) is 30.6 Å². The summed E-state index contributed by atoms with van der Waals surface area (Å²) in [5, 5.41) is 10.4. The van der Waals surface area contributed by atoms with Gasteiger partial charge >= 0.3 is 0 Å². The van der Waals surface area contributed by atoms with Crippen LogP contribution in [0.2, 0.25) is 0 Å². The first kappa shape index (κ1) is 18.7. The van der Waals surface area contributed by atoms with Gasteiger partial charge in [-0.25, -0.2) is 8.42 Å². The molecule has 1 amide bonds. The lowest BCUT2D eigenvalue weighted by Crippen LogP contribution is -2.31. The van der Waals surface area contributed by atoms with E-state index in [1.165, 1.54) is 22.9 Å². The van der Waals surface area contributed by atoms with Crippen LogP contribution < -0.4 is 5.32 Å². The van der Waals surface area contributed by atoms with E-state index in [0.717, 1.165) is 31.2 Å². The van der Waals surface area contributed by atoms with Crippen LogP contribution in [0, 0.1) is 0 Å². The Kier molecular flexibility index (Phi) is 6.12. The van der Waals surface area contributed by atoms with E-state index in [1.54, 1.807) is 34.6 Å². The average Bonchev–Trinajstić information content (AvgIpc) is 2.98. The number of rotatable bonds is 5. The van der Waals surface area contributed by atoms with E-state index < -0.39 is 10.0 Å². The van der Waals surface area contributed by atoms with Gasteiger partial charge in [0.2, 0.25) is 21.1 Å². The minimum atomic E-state index is -3.45. The summed E-state index contributed by atoms with van der Waals surface area (Å²) >= 11 is 1.23. The van der Waals surface area contributed by atoms with Gasteiger partial charge in [-0.15, -0.1) is 10.2 Å². The van der Waals surface area contributed by atoms with E-state index in [1.807, 2.05) is 0 Å². The largest absolute Gasteiger partial charge is 0.297 e. The van der Waals surface area contributed by atoms with E-state index in [2.05, 4.69) is 15.5 Å². The minimum absolute atomic E-state index is 0.287. The molecule has 0 radical (unpaired) electrons. The summed E-state index contributed by atoms with van der Waals surface area (Å²) in [6.45, 7) is 1.16. The lowest BCUT2D eigenvalue weighted by molar-refractivity contribution is -0.111. The molecule has 138 valence electrons. The predicted octanol–water partition coefficient (Wildman–Crippen LogP) is 2.75. The van der Waals surface area contributed by atoms with Crippen LogP contribution in [0.5, 0.6) is 0 Å². The fourth-order valence-electron chi connectivity index (χ4n) is 2.73. The molecule has 26 heavy (non-hydrogen) atoms. The monoisotopic (exact) mass is 392 g/mol. The highest BCUT2D eigenvalue weighted by Crippen LogP contribution is 2.21. The first-order valence-corrected chi connectivity index (χ1v) is 10.7. The van der Waals surface area contributed by atoms with Crippen molar-refractivity contribution in [3.8, 4) is 0 Å². The first-order valence-electron chi connectivity index (χ1n) is 8.41. The fourth-order valence-corrected chi connectivity index (χ4v) is 4.69. The molecule has 0 saturated carbocycles. The quantitative estimate of drug-likeness (QED) is 0.790. The highest BCUT2D eigenvalue weighted by molar-refractivity contribution is 7.89. The summed E-state index contributed by atoms with van der Waals surface area (Å²) in [6.07, 6.45) is 6.97. The molecule has 1 saturated heterocycles. The van der Waals surface area contributed by atoms with Gasteiger partial charge in [-0.05, 0) is 36.6 Å². The molecule has 1 fully saturated rings. The van der Waals surface area contributed by atoms with Crippen molar-refractivity contribution in [2.24, 2.45) is 0 Å². The van der Waals surface area contributed by atoms with Gasteiger partial charge in [0.15, 0.2) is 0 Å². The van der Waals surface area contributed by atoms with Crippen LogP contribution in [0.25, 0.3) is 6.08 Å². The van der Waals surface area contributed by atoms with Crippen LogP contribution in [0.1, 0.15) is 31.2 Å². The van der Waals surface area contributed by atoms with Gasteiger partial charge < -0.3 is 0 Å². The number of hydrogen-bond acceptors (Lipinski definition) is 6. The van der Waals surface area contributed by atoms with Crippen molar-refractivity contribution >= 4 is 38.5 Å². The summed E-state index contributed by atoms with van der Waals surface area (Å²) in [4.78, 5) is 12.1. The third kappa shape index (κ3) is 4.75. The van der Waals surface area contributed by atoms with Crippen molar-refractivity contribution in [1.82, 2.24) is 14.5 Å². The molecular formula is C17H20N4O3S2. The van der Waals surface area contributed by atoms with Crippen LogP contribution >= 0.6 is 11.3 Å². The Hall–Kier alpha value is -2.10. The van der Waals surface area contributed by atoms with Crippen molar-refractivity contribution in [2.75, 3.05) is 18.4 Å². The highest BCUT2D eigenvalue weighted by atomic mass is 32.2. The second-order valence-corrected chi connectivity index (χ2v) is 8.72.